The van der Waals surface area contributed by atoms with E-state index in [4.69, 9.17) is 39.4 Å². The van der Waals surface area contributed by atoms with Crippen LogP contribution in [0.25, 0.3) is 0 Å². The summed E-state index contributed by atoms with van der Waals surface area (Å²) in [4.78, 5) is 14.4. The monoisotopic (exact) mass is 668 g/mol. The molecule has 5 aliphatic carbocycles. The van der Waals surface area contributed by atoms with Crippen molar-refractivity contribution >= 4 is 40.8 Å². The average molecular weight is 670 g/mol. The van der Waals surface area contributed by atoms with E-state index < -0.39 is 5.41 Å². The number of hydrogen-bond acceptors (Lipinski definition) is 4. The number of allylic oxidation sites excluding steroid dienone is 2. The Kier molecular flexibility index (Phi) is 8.48. The molecule has 0 heterocycles. The SMILES string of the molecule is C[C@@H]1CC[C@]2(C(=O)OCc3c(Cl)cccc3Cl)CC[C@]3(C)C(=CCC4[C@@]5(C)CC/C(=N\N=C(N)N)C(C)(C)C5CC[C@]43C)C2[C@H]1C. The molecular weight excluding hydrogens is 615 g/mol. The molecule has 252 valence electrons. The second kappa shape index (κ2) is 11.5. The third-order valence-corrected chi connectivity index (χ3v) is 15.6. The van der Waals surface area contributed by atoms with Crippen LogP contribution < -0.4 is 11.5 Å². The number of fused-ring (bicyclic) bond motifs is 7. The largest absolute Gasteiger partial charge is 0.460 e. The minimum absolute atomic E-state index is 0.0157. The number of carbonyl (C=O) groups is 1. The number of guanidine groups is 1. The van der Waals surface area contributed by atoms with Crippen molar-refractivity contribution < 1.29 is 9.53 Å². The normalized spacial score (nSPS) is 42.1. The zero-order chi connectivity index (χ0) is 33.4. The van der Waals surface area contributed by atoms with E-state index in [1.54, 1.807) is 12.1 Å². The fourth-order valence-electron chi connectivity index (χ4n) is 11.9. The highest BCUT2D eigenvalue weighted by atomic mass is 35.5. The van der Waals surface area contributed by atoms with Gasteiger partial charge in [0.05, 0.1) is 5.41 Å². The maximum absolute atomic E-state index is 14.4. The molecule has 0 bridgehead atoms. The Bertz CT molecular complexity index is 1480. The molecule has 0 radical (unpaired) electrons. The number of nitrogens with two attached hydrogens (primary N) is 2. The Labute approximate surface area is 286 Å². The van der Waals surface area contributed by atoms with E-state index >= 15 is 0 Å². The fourth-order valence-corrected chi connectivity index (χ4v) is 12.4. The number of nitrogens with zero attached hydrogens (tertiary/aromatic N) is 2. The Hall–Kier alpha value is -2.05. The summed E-state index contributed by atoms with van der Waals surface area (Å²) >= 11 is 12.9. The van der Waals surface area contributed by atoms with E-state index in [9.17, 15) is 4.79 Å². The lowest BCUT2D eigenvalue weighted by molar-refractivity contribution is -0.185. The number of carbonyl (C=O) groups excluding carboxylic acids is 1. The molecular formula is C38H54Cl2N4O2. The van der Waals surface area contributed by atoms with Crippen molar-refractivity contribution in [2.24, 2.45) is 78.3 Å². The molecule has 0 saturated heterocycles. The van der Waals surface area contributed by atoms with Gasteiger partial charge in [0.2, 0.25) is 5.96 Å². The van der Waals surface area contributed by atoms with Crippen LogP contribution in [0, 0.1) is 56.7 Å². The minimum atomic E-state index is -0.515. The number of ether oxygens (including phenoxy) is 1. The molecule has 4 saturated carbocycles. The predicted octanol–water partition coefficient (Wildman–Crippen LogP) is 9.32. The lowest BCUT2D eigenvalue weighted by Crippen LogP contribution is -2.65. The highest BCUT2D eigenvalue weighted by molar-refractivity contribution is 6.35. The van der Waals surface area contributed by atoms with Crippen LogP contribution in [-0.2, 0) is 16.1 Å². The van der Waals surface area contributed by atoms with Gasteiger partial charge in [0.1, 0.15) is 6.61 Å². The van der Waals surface area contributed by atoms with Crippen LogP contribution in [0.3, 0.4) is 0 Å². The number of esters is 1. The summed E-state index contributed by atoms with van der Waals surface area (Å²) < 4.78 is 6.20. The third kappa shape index (κ3) is 4.81. The third-order valence-electron chi connectivity index (χ3n) is 14.9. The van der Waals surface area contributed by atoms with Crippen LogP contribution in [0.15, 0.2) is 40.1 Å². The molecule has 0 amide bonds. The van der Waals surface area contributed by atoms with Crippen molar-refractivity contribution in [3.63, 3.8) is 0 Å². The van der Waals surface area contributed by atoms with E-state index in [-0.39, 0.29) is 46.1 Å². The summed E-state index contributed by atoms with van der Waals surface area (Å²) in [7, 11) is 0. The Morgan fingerprint density at radius 3 is 2.33 bits per heavy atom. The van der Waals surface area contributed by atoms with E-state index in [0.29, 0.717) is 39.3 Å². The van der Waals surface area contributed by atoms with Gasteiger partial charge in [0, 0.05) is 26.7 Å². The smallest absolute Gasteiger partial charge is 0.313 e. The van der Waals surface area contributed by atoms with Crippen molar-refractivity contribution in [3.8, 4) is 0 Å². The molecule has 6 rings (SSSR count). The molecule has 46 heavy (non-hydrogen) atoms. The van der Waals surface area contributed by atoms with Crippen molar-refractivity contribution in [1.29, 1.82) is 0 Å². The standard InChI is InChI=1S/C38H54Cl2N4O2/c1-22-13-18-38(32(45)46-21-24-26(39)9-8-10-27(24)40)20-19-36(6)25(31(38)23(22)2)11-12-29-35(5)16-15-30(43-44-33(41)42)34(3,4)28(35)14-17-37(29,36)7/h8-11,22-23,28-29,31H,12-21H2,1-7H3,(H4,41,42,44)/b43-30+/t22-,23+,28?,29?,31?,35+,36-,37-,38+/m1/s1. The van der Waals surface area contributed by atoms with Gasteiger partial charge in [-0.05, 0) is 116 Å². The summed E-state index contributed by atoms with van der Waals surface area (Å²) in [5.74, 6) is 2.12. The van der Waals surface area contributed by atoms with E-state index in [2.05, 4.69) is 64.7 Å². The maximum atomic E-state index is 14.4. The number of rotatable bonds is 4. The first-order valence-electron chi connectivity index (χ1n) is 17.5. The van der Waals surface area contributed by atoms with Gasteiger partial charge >= 0.3 is 5.97 Å². The number of hydrogen-bond donors (Lipinski definition) is 2. The lowest BCUT2D eigenvalue weighted by Gasteiger charge is -2.71. The zero-order valence-electron chi connectivity index (χ0n) is 28.9. The van der Waals surface area contributed by atoms with Gasteiger partial charge in [0.15, 0.2) is 0 Å². The summed E-state index contributed by atoms with van der Waals surface area (Å²) in [6.07, 6.45) is 11.8. The van der Waals surface area contributed by atoms with Crippen molar-refractivity contribution in [1.82, 2.24) is 0 Å². The summed E-state index contributed by atoms with van der Waals surface area (Å²) in [6.45, 7) is 17.3. The highest BCUT2D eigenvalue weighted by Gasteiger charge is 2.69. The quantitative estimate of drug-likeness (QED) is 0.110. The topological polar surface area (TPSA) is 103 Å². The molecule has 3 unspecified atom stereocenters. The van der Waals surface area contributed by atoms with Crippen LogP contribution in [0.1, 0.15) is 112 Å². The van der Waals surface area contributed by atoms with Gasteiger partial charge in [-0.3, -0.25) is 4.79 Å². The maximum Gasteiger partial charge on any atom is 0.313 e. The Balaban J connectivity index is 1.35. The average Bonchev–Trinajstić information content (AvgIpc) is 2.98. The van der Waals surface area contributed by atoms with Crippen molar-refractivity contribution in [2.45, 2.75) is 113 Å². The van der Waals surface area contributed by atoms with Gasteiger partial charge in [-0.15, -0.1) is 5.10 Å². The highest BCUT2D eigenvalue weighted by Crippen LogP contribution is 2.75. The fraction of sp³-hybridized carbons (Fsp3) is 0.711. The van der Waals surface area contributed by atoms with Gasteiger partial charge in [0.25, 0.3) is 0 Å². The molecule has 4 fully saturated rings. The van der Waals surface area contributed by atoms with Crippen molar-refractivity contribution in [3.05, 3.63) is 45.5 Å². The minimum Gasteiger partial charge on any atom is -0.460 e. The van der Waals surface area contributed by atoms with Crippen LogP contribution >= 0.6 is 23.2 Å². The first kappa shape index (κ1) is 33.8. The Morgan fingerprint density at radius 2 is 1.65 bits per heavy atom. The van der Waals surface area contributed by atoms with Gasteiger partial charge in [-0.2, -0.15) is 5.10 Å². The van der Waals surface area contributed by atoms with Crippen LogP contribution in [0.2, 0.25) is 10.0 Å². The van der Waals surface area contributed by atoms with Crippen LogP contribution in [0.5, 0.6) is 0 Å². The van der Waals surface area contributed by atoms with E-state index in [1.165, 1.54) is 12.0 Å². The predicted molar refractivity (Wildman–Crippen MR) is 188 cm³/mol. The summed E-state index contributed by atoms with van der Waals surface area (Å²) in [5, 5.41) is 9.72. The molecule has 1 aromatic carbocycles. The number of benzene rings is 1. The van der Waals surface area contributed by atoms with Crippen LogP contribution in [0.4, 0.5) is 0 Å². The molecule has 0 aromatic heterocycles. The van der Waals surface area contributed by atoms with Crippen LogP contribution in [-0.4, -0.2) is 17.6 Å². The number of halogens is 2. The second-order valence-corrected chi connectivity index (χ2v) is 17.7. The summed E-state index contributed by atoms with van der Waals surface area (Å²) in [5.41, 5.74) is 14.4. The first-order valence-corrected chi connectivity index (χ1v) is 18.2. The molecule has 5 aliphatic rings. The molecule has 0 spiro atoms. The zero-order valence-corrected chi connectivity index (χ0v) is 30.4. The first-order chi connectivity index (χ1) is 21.5. The van der Waals surface area contributed by atoms with Gasteiger partial charge in [-0.25, -0.2) is 0 Å². The summed E-state index contributed by atoms with van der Waals surface area (Å²) in [6, 6.07) is 5.43. The second-order valence-electron chi connectivity index (χ2n) is 16.9. The lowest BCUT2D eigenvalue weighted by atomic mass is 9.33. The van der Waals surface area contributed by atoms with E-state index in [0.717, 1.165) is 57.1 Å². The molecule has 9 atom stereocenters. The molecule has 4 N–H and O–H groups in total. The van der Waals surface area contributed by atoms with Gasteiger partial charge < -0.3 is 16.2 Å². The van der Waals surface area contributed by atoms with E-state index in [1.807, 2.05) is 6.07 Å². The Morgan fingerprint density at radius 1 is 0.957 bits per heavy atom. The van der Waals surface area contributed by atoms with Crippen molar-refractivity contribution in [2.75, 3.05) is 0 Å². The molecule has 6 nitrogen and oxygen atoms in total. The van der Waals surface area contributed by atoms with Gasteiger partial charge in [-0.1, -0.05) is 89.4 Å². The molecule has 0 aliphatic heterocycles. The molecule has 8 heteroatoms. The molecule has 1 aromatic rings.